The lowest BCUT2D eigenvalue weighted by Gasteiger charge is -2.15. The van der Waals surface area contributed by atoms with E-state index in [1.165, 1.54) is 6.07 Å². The number of carbonyl (C=O) groups is 2. The molecule has 0 spiro atoms. The SMILES string of the molecule is CCCc1cc(Oc2ccc(C(F)(F)F)cc2Cl)ccc1CC1OC(=O)NC1=O. The normalized spacial score (nSPS) is 16.5. The third kappa shape index (κ3) is 5.00. The van der Waals surface area contributed by atoms with Crippen LogP contribution in [0.4, 0.5) is 18.0 Å². The van der Waals surface area contributed by atoms with Crippen molar-refractivity contribution in [1.82, 2.24) is 5.32 Å². The molecular weight excluding hydrogens is 411 g/mol. The highest BCUT2D eigenvalue weighted by Crippen LogP contribution is 2.36. The van der Waals surface area contributed by atoms with Crippen LogP contribution in [0.25, 0.3) is 0 Å². The van der Waals surface area contributed by atoms with Crippen molar-refractivity contribution in [3.63, 3.8) is 0 Å². The first-order valence-electron chi connectivity index (χ1n) is 8.85. The molecule has 1 saturated heterocycles. The zero-order valence-corrected chi connectivity index (χ0v) is 16.1. The van der Waals surface area contributed by atoms with Crippen molar-refractivity contribution in [3.8, 4) is 11.5 Å². The minimum Gasteiger partial charge on any atom is -0.456 e. The van der Waals surface area contributed by atoms with Crippen molar-refractivity contribution >= 4 is 23.6 Å². The summed E-state index contributed by atoms with van der Waals surface area (Å²) in [6.07, 6.45) is -4.45. The Bertz CT molecular complexity index is 946. The molecule has 1 atom stereocenters. The van der Waals surface area contributed by atoms with Gasteiger partial charge >= 0.3 is 12.3 Å². The number of nitrogens with one attached hydrogen (secondary N) is 1. The highest BCUT2D eigenvalue weighted by atomic mass is 35.5. The molecule has 1 aliphatic rings. The second-order valence-corrected chi connectivity index (χ2v) is 6.92. The zero-order valence-electron chi connectivity index (χ0n) is 15.3. The molecule has 2 aromatic rings. The van der Waals surface area contributed by atoms with Crippen LogP contribution in [0.5, 0.6) is 11.5 Å². The number of carbonyl (C=O) groups excluding carboxylic acids is 2. The summed E-state index contributed by atoms with van der Waals surface area (Å²) in [5.41, 5.74) is 0.831. The van der Waals surface area contributed by atoms with Gasteiger partial charge in [-0.3, -0.25) is 10.1 Å². The molecule has 154 valence electrons. The minimum absolute atomic E-state index is 0.0963. The fourth-order valence-corrected chi connectivity index (χ4v) is 3.20. The number of hydrogen-bond acceptors (Lipinski definition) is 4. The predicted octanol–water partition coefficient (Wildman–Crippen LogP) is 5.28. The van der Waals surface area contributed by atoms with Crippen LogP contribution in [0.2, 0.25) is 5.02 Å². The fourth-order valence-electron chi connectivity index (χ4n) is 2.98. The van der Waals surface area contributed by atoms with Gasteiger partial charge in [0.05, 0.1) is 10.6 Å². The van der Waals surface area contributed by atoms with Crippen LogP contribution < -0.4 is 10.1 Å². The van der Waals surface area contributed by atoms with Crippen molar-refractivity contribution in [3.05, 3.63) is 58.1 Å². The first kappa shape index (κ1) is 21.0. The summed E-state index contributed by atoms with van der Waals surface area (Å²) in [5.74, 6) is 0.00000368. The van der Waals surface area contributed by atoms with E-state index in [-0.39, 0.29) is 17.2 Å². The lowest BCUT2D eigenvalue weighted by molar-refractivity contribution is -0.137. The van der Waals surface area contributed by atoms with Crippen LogP contribution in [-0.4, -0.2) is 18.1 Å². The van der Waals surface area contributed by atoms with E-state index in [2.05, 4.69) is 5.32 Å². The van der Waals surface area contributed by atoms with Gasteiger partial charge in [-0.1, -0.05) is 31.0 Å². The number of amides is 2. The van der Waals surface area contributed by atoms with Gasteiger partial charge in [-0.05, 0) is 47.9 Å². The third-order valence-corrected chi connectivity index (χ3v) is 4.65. The average Bonchev–Trinajstić information content (AvgIpc) is 2.95. The topological polar surface area (TPSA) is 64.6 Å². The van der Waals surface area contributed by atoms with Gasteiger partial charge in [-0.2, -0.15) is 13.2 Å². The number of imide groups is 1. The summed E-state index contributed by atoms with van der Waals surface area (Å²) in [6.45, 7) is 1.98. The van der Waals surface area contributed by atoms with Gasteiger partial charge in [0.2, 0.25) is 0 Å². The Morgan fingerprint density at radius 2 is 1.90 bits per heavy atom. The quantitative estimate of drug-likeness (QED) is 0.681. The lowest BCUT2D eigenvalue weighted by Crippen LogP contribution is -2.26. The van der Waals surface area contributed by atoms with E-state index in [0.29, 0.717) is 12.2 Å². The maximum absolute atomic E-state index is 12.8. The largest absolute Gasteiger partial charge is 0.456 e. The number of ether oxygens (including phenoxy) is 2. The maximum atomic E-state index is 12.8. The van der Waals surface area contributed by atoms with E-state index in [9.17, 15) is 22.8 Å². The van der Waals surface area contributed by atoms with Gasteiger partial charge in [0, 0.05) is 6.42 Å². The third-order valence-electron chi connectivity index (χ3n) is 4.36. The van der Waals surface area contributed by atoms with Gasteiger partial charge in [0.1, 0.15) is 11.5 Å². The summed E-state index contributed by atoms with van der Waals surface area (Å²) >= 11 is 5.94. The average molecular weight is 428 g/mol. The molecule has 3 rings (SSSR count). The van der Waals surface area contributed by atoms with Gasteiger partial charge in [0.25, 0.3) is 5.91 Å². The molecular formula is C20H17ClF3NO4. The second-order valence-electron chi connectivity index (χ2n) is 6.51. The molecule has 0 saturated carbocycles. The molecule has 1 fully saturated rings. The predicted molar refractivity (Wildman–Crippen MR) is 99.1 cm³/mol. The Morgan fingerprint density at radius 3 is 2.48 bits per heavy atom. The van der Waals surface area contributed by atoms with Crippen molar-refractivity contribution in [2.45, 2.75) is 38.5 Å². The van der Waals surface area contributed by atoms with Gasteiger partial charge in [0.15, 0.2) is 6.10 Å². The number of aryl methyl sites for hydroxylation is 1. The van der Waals surface area contributed by atoms with Crippen molar-refractivity contribution in [1.29, 1.82) is 0 Å². The minimum atomic E-state index is -4.49. The Morgan fingerprint density at radius 1 is 1.14 bits per heavy atom. The van der Waals surface area contributed by atoms with E-state index in [1.54, 1.807) is 18.2 Å². The molecule has 29 heavy (non-hydrogen) atoms. The van der Waals surface area contributed by atoms with Crippen molar-refractivity contribution in [2.24, 2.45) is 0 Å². The first-order chi connectivity index (χ1) is 13.7. The van der Waals surface area contributed by atoms with Crippen molar-refractivity contribution in [2.75, 3.05) is 0 Å². The summed E-state index contributed by atoms with van der Waals surface area (Å²) in [4.78, 5) is 22.9. The Labute approximate surface area is 169 Å². The van der Waals surface area contributed by atoms with E-state index in [1.807, 2.05) is 6.92 Å². The van der Waals surface area contributed by atoms with Crippen LogP contribution in [0.1, 0.15) is 30.0 Å². The molecule has 0 aromatic heterocycles. The molecule has 1 heterocycles. The van der Waals surface area contributed by atoms with Gasteiger partial charge in [-0.15, -0.1) is 0 Å². The first-order valence-corrected chi connectivity index (χ1v) is 9.23. The van der Waals surface area contributed by atoms with Crippen molar-refractivity contribution < 1.29 is 32.2 Å². The molecule has 0 aliphatic carbocycles. The molecule has 1 N–H and O–H groups in total. The summed E-state index contributed by atoms with van der Waals surface area (Å²) in [7, 11) is 0. The summed E-state index contributed by atoms with van der Waals surface area (Å²) < 4.78 is 48.9. The molecule has 0 bridgehead atoms. The maximum Gasteiger partial charge on any atom is 0.416 e. The van der Waals surface area contributed by atoms with E-state index >= 15 is 0 Å². The van der Waals surface area contributed by atoms with Crippen LogP contribution in [0.3, 0.4) is 0 Å². The van der Waals surface area contributed by atoms with Crippen LogP contribution >= 0.6 is 11.6 Å². The smallest absolute Gasteiger partial charge is 0.416 e. The summed E-state index contributed by atoms with van der Waals surface area (Å²) in [5, 5.41) is 1.93. The van der Waals surface area contributed by atoms with Crippen LogP contribution in [0, 0.1) is 0 Å². The Balaban J connectivity index is 1.81. The second kappa shape index (κ2) is 8.32. The molecule has 0 radical (unpaired) electrons. The highest BCUT2D eigenvalue weighted by molar-refractivity contribution is 6.32. The monoisotopic (exact) mass is 427 g/mol. The number of halogens is 4. The van der Waals surface area contributed by atoms with Crippen LogP contribution in [0.15, 0.2) is 36.4 Å². The highest BCUT2D eigenvalue weighted by Gasteiger charge is 2.33. The van der Waals surface area contributed by atoms with E-state index < -0.39 is 29.8 Å². The fraction of sp³-hybridized carbons (Fsp3) is 0.300. The number of rotatable bonds is 6. The number of benzene rings is 2. The molecule has 1 unspecified atom stereocenters. The zero-order chi connectivity index (χ0) is 21.2. The number of hydrogen-bond donors (Lipinski definition) is 1. The summed E-state index contributed by atoms with van der Waals surface area (Å²) in [6, 6.07) is 7.97. The van der Waals surface area contributed by atoms with E-state index in [0.717, 1.165) is 29.7 Å². The number of alkyl halides is 3. The van der Waals surface area contributed by atoms with Crippen LogP contribution in [-0.2, 0) is 28.5 Å². The number of cyclic esters (lactones) is 1. The molecule has 1 aliphatic heterocycles. The molecule has 2 amide bonds. The van der Waals surface area contributed by atoms with E-state index in [4.69, 9.17) is 21.1 Å². The molecule has 2 aromatic carbocycles. The standard InChI is InChI=1S/C20H17ClF3NO4/c1-2-3-11-8-14(6-4-12(11)9-17-18(26)25-19(27)29-17)28-16-7-5-13(10-15(16)21)20(22,23)24/h4-8,10,17H,2-3,9H2,1H3,(H,25,26,27). The van der Waals surface area contributed by atoms with Gasteiger partial charge in [-0.25, -0.2) is 4.79 Å². The number of alkyl carbamates (subject to hydrolysis) is 1. The van der Waals surface area contributed by atoms with Gasteiger partial charge < -0.3 is 9.47 Å². The Kier molecular flexibility index (Phi) is 6.02. The molecule has 5 nitrogen and oxygen atoms in total. The Hall–Kier alpha value is -2.74. The molecule has 9 heteroatoms. The lowest BCUT2D eigenvalue weighted by atomic mass is 9.98.